The number of hydrogen-bond acceptors (Lipinski definition) is 8. The third-order valence-corrected chi connectivity index (χ3v) is 4.53. The normalized spacial score (nSPS) is 14.6. The molecule has 0 aliphatic carbocycles. The van der Waals surface area contributed by atoms with Gasteiger partial charge in [0.1, 0.15) is 0 Å². The molecule has 2 aromatic carbocycles. The summed E-state index contributed by atoms with van der Waals surface area (Å²) < 4.78 is 9.15. The standard InChI is InChI=1S/C20H8N2O6/c23-17-12-3-1-9(5-14(12)19(25)27-17)11-7-21-16(22-8-11)10-2-4-13-15(6-10)20(26)28-18(13)24/h1-8H. The van der Waals surface area contributed by atoms with Crippen molar-refractivity contribution in [3.8, 4) is 22.5 Å². The van der Waals surface area contributed by atoms with Crippen molar-refractivity contribution < 1.29 is 28.7 Å². The average molecular weight is 372 g/mol. The zero-order valence-corrected chi connectivity index (χ0v) is 14.0. The maximum Gasteiger partial charge on any atom is 0.346 e. The summed E-state index contributed by atoms with van der Waals surface area (Å²) in [5.74, 6) is -2.35. The van der Waals surface area contributed by atoms with E-state index >= 15 is 0 Å². The molecule has 0 radical (unpaired) electrons. The Kier molecular flexibility index (Phi) is 3.23. The number of nitrogens with zero attached hydrogens (tertiary/aromatic N) is 2. The number of aromatic nitrogens is 2. The Balaban J connectivity index is 1.49. The first-order chi connectivity index (χ1) is 13.5. The van der Waals surface area contributed by atoms with Crippen molar-refractivity contribution in [3.05, 3.63) is 71.0 Å². The molecule has 3 heterocycles. The Bertz CT molecular complexity index is 1130. The van der Waals surface area contributed by atoms with Crippen molar-refractivity contribution in [1.29, 1.82) is 0 Å². The highest BCUT2D eigenvalue weighted by atomic mass is 16.6. The lowest BCUT2D eigenvalue weighted by Crippen LogP contribution is -1.97. The van der Waals surface area contributed by atoms with E-state index in [1.807, 2.05) is 0 Å². The Morgan fingerprint density at radius 3 is 1.57 bits per heavy atom. The summed E-state index contributed by atoms with van der Waals surface area (Å²) in [6.07, 6.45) is 3.12. The summed E-state index contributed by atoms with van der Waals surface area (Å²) >= 11 is 0. The van der Waals surface area contributed by atoms with E-state index in [-0.39, 0.29) is 22.3 Å². The quantitative estimate of drug-likeness (QED) is 0.498. The first-order valence-electron chi connectivity index (χ1n) is 8.15. The minimum atomic E-state index is -0.696. The molecule has 2 aliphatic rings. The van der Waals surface area contributed by atoms with Gasteiger partial charge in [0.05, 0.1) is 22.3 Å². The molecule has 0 saturated carbocycles. The molecule has 0 N–H and O–H groups in total. The van der Waals surface area contributed by atoms with E-state index < -0.39 is 23.9 Å². The molecule has 8 nitrogen and oxygen atoms in total. The second kappa shape index (κ2) is 5.65. The van der Waals surface area contributed by atoms with Crippen molar-refractivity contribution in [2.24, 2.45) is 0 Å². The predicted octanol–water partition coefficient (Wildman–Crippen LogP) is 2.43. The van der Waals surface area contributed by atoms with Crippen molar-refractivity contribution in [1.82, 2.24) is 9.97 Å². The van der Waals surface area contributed by atoms with Crippen LogP contribution in [0.3, 0.4) is 0 Å². The Morgan fingerprint density at radius 1 is 0.536 bits per heavy atom. The average Bonchev–Trinajstić information content (AvgIpc) is 3.16. The zero-order valence-electron chi connectivity index (χ0n) is 14.0. The summed E-state index contributed by atoms with van der Waals surface area (Å²) in [5, 5.41) is 0. The molecular formula is C20H8N2O6. The number of esters is 4. The molecule has 2 aliphatic heterocycles. The van der Waals surface area contributed by atoms with Gasteiger partial charge in [0.25, 0.3) is 0 Å². The maximum absolute atomic E-state index is 11.7. The van der Waals surface area contributed by atoms with E-state index in [0.29, 0.717) is 22.5 Å². The van der Waals surface area contributed by atoms with Crippen LogP contribution in [0.4, 0.5) is 0 Å². The fraction of sp³-hybridized carbons (Fsp3) is 0. The van der Waals surface area contributed by atoms with Crippen LogP contribution in [-0.4, -0.2) is 33.8 Å². The molecule has 5 rings (SSSR count). The van der Waals surface area contributed by atoms with Crippen LogP contribution in [-0.2, 0) is 9.47 Å². The Labute approximate surface area is 156 Å². The Morgan fingerprint density at radius 2 is 1.00 bits per heavy atom. The van der Waals surface area contributed by atoms with Gasteiger partial charge in [-0.1, -0.05) is 12.1 Å². The van der Waals surface area contributed by atoms with Crippen LogP contribution >= 0.6 is 0 Å². The predicted molar refractivity (Wildman–Crippen MR) is 92.4 cm³/mol. The molecule has 8 heteroatoms. The molecule has 3 aromatic rings. The van der Waals surface area contributed by atoms with Gasteiger partial charge in [-0.2, -0.15) is 0 Å². The van der Waals surface area contributed by atoms with Crippen LogP contribution in [0.15, 0.2) is 48.8 Å². The topological polar surface area (TPSA) is 113 Å². The van der Waals surface area contributed by atoms with E-state index in [0.717, 1.165) is 0 Å². The van der Waals surface area contributed by atoms with Gasteiger partial charge in [0, 0.05) is 23.5 Å². The van der Waals surface area contributed by atoms with Crippen LogP contribution < -0.4 is 0 Å². The van der Waals surface area contributed by atoms with E-state index in [9.17, 15) is 19.2 Å². The van der Waals surface area contributed by atoms with Gasteiger partial charge in [-0.15, -0.1) is 0 Å². The van der Waals surface area contributed by atoms with Gasteiger partial charge in [-0.25, -0.2) is 29.1 Å². The molecule has 1 aromatic heterocycles. The van der Waals surface area contributed by atoms with E-state index in [4.69, 9.17) is 0 Å². The third kappa shape index (κ3) is 2.32. The van der Waals surface area contributed by atoms with Crippen LogP contribution in [0.25, 0.3) is 22.5 Å². The fourth-order valence-electron chi connectivity index (χ4n) is 3.12. The molecule has 0 amide bonds. The summed E-state index contributed by atoms with van der Waals surface area (Å²) in [6.45, 7) is 0. The van der Waals surface area contributed by atoms with Crippen molar-refractivity contribution in [2.45, 2.75) is 0 Å². The Hall–Kier alpha value is -4.20. The highest BCUT2D eigenvalue weighted by Crippen LogP contribution is 2.28. The lowest BCUT2D eigenvalue weighted by atomic mass is 10.0. The van der Waals surface area contributed by atoms with Gasteiger partial charge in [-0.05, 0) is 29.8 Å². The van der Waals surface area contributed by atoms with Crippen LogP contribution in [0.2, 0.25) is 0 Å². The number of fused-ring (bicyclic) bond motifs is 2. The molecule has 28 heavy (non-hydrogen) atoms. The molecule has 0 atom stereocenters. The SMILES string of the molecule is O=C1OC(=O)c2cc(-c3cnc(-c4ccc5c(c4)C(=O)OC5=O)nc3)ccc21. The highest BCUT2D eigenvalue weighted by Gasteiger charge is 2.31. The van der Waals surface area contributed by atoms with Gasteiger partial charge in [-0.3, -0.25) is 0 Å². The molecule has 0 unspecified atom stereocenters. The monoisotopic (exact) mass is 372 g/mol. The minimum absolute atomic E-state index is 0.178. The molecular weight excluding hydrogens is 364 g/mol. The smallest absolute Gasteiger partial charge is 0.346 e. The number of carbonyl (C=O) groups excluding carboxylic acids is 4. The zero-order chi connectivity index (χ0) is 19.4. The largest absolute Gasteiger partial charge is 0.386 e. The lowest BCUT2D eigenvalue weighted by molar-refractivity contribution is 0.0425. The first-order valence-corrected chi connectivity index (χ1v) is 8.15. The van der Waals surface area contributed by atoms with Gasteiger partial charge >= 0.3 is 23.9 Å². The molecule has 0 bridgehead atoms. The van der Waals surface area contributed by atoms with Crippen LogP contribution in [0.5, 0.6) is 0 Å². The van der Waals surface area contributed by atoms with E-state index in [1.165, 1.54) is 18.2 Å². The summed E-state index contributed by atoms with van der Waals surface area (Å²) in [4.78, 5) is 55.0. The second-order valence-electron chi connectivity index (χ2n) is 6.17. The molecule has 0 saturated heterocycles. The molecule has 134 valence electrons. The summed E-state index contributed by atoms with van der Waals surface area (Å²) in [6, 6.07) is 9.39. The van der Waals surface area contributed by atoms with Crippen LogP contribution in [0, 0.1) is 0 Å². The molecule has 0 fully saturated rings. The van der Waals surface area contributed by atoms with Crippen LogP contribution in [0.1, 0.15) is 41.4 Å². The first kappa shape index (κ1) is 16.0. The number of rotatable bonds is 2. The van der Waals surface area contributed by atoms with Gasteiger partial charge in [0.2, 0.25) is 0 Å². The van der Waals surface area contributed by atoms with Gasteiger partial charge in [0.15, 0.2) is 5.82 Å². The van der Waals surface area contributed by atoms with Crippen molar-refractivity contribution in [3.63, 3.8) is 0 Å². The number of benzene rings is 2. The second-order valence-corrected chi connectivity index (χ2v) is 6.17. The number of hydrogen-bond donors (Lipinski definition) is 0. The number of ether oxygens (including phenoxy) is 2. The molecule has 0 spiro atoms. The number of carbonyl (C=O) groups is 4. The highest BCUT2D eigenvalue weighted by molar-refractivity contribution is 6.15. The van der Waals surface area contributed by atoms with E-state index in [1.54, 1.807) is 30.6 Å². The summed E-state index contributed by atoms with van der Waals surface area (Å²) in [7, 11) is 0. The van der Waals surface area contributed by atoms with E-state index in [2.05, 4.69) is 19.4 Å². The third-order valence-electron chi connectivity index (χ3n) is 4.53. The summed E-state index contributed by atoms with van der Waals surface area (Å²) in [5.41, 5.74) is 2.66. The van der Waals surface area contributed by atoms with Crippen molar-refractivity contribution >= 4 is 23.9 Å². The minimum Gasteiger partial charge on any atom is -0.386 e. The lowest BCUT2D eigenvalue weighted by Gasteiger charge is -2.05. The maximum atomic E-state index is 11.7. The van der Waals surface area contributed by atoms with Crippen molar-refractivity contribution in [2.75, 3.05) is 0 Å². The van der Waals surface area contributed by atoms with Gasteiger partial charge < -0.3 is 9.47 Å². The number of cyclic esters (lactones) is 4. The fourth-order valence-corrected chi connectivity index (χ4v) is 3.12.